The van der Waals surface area contributed by atoms with Gasteiger partial charge < -0.3 is 13.7 Å². The zero-order chi connectivity index (χ0) is 19.4. The van der Waals surface area contributed by atoms with E-state index in [1.807, 2.05) is 6.07 Å². The van der Waals surface area contributed by atoms with Crippen molar-refractivity contribution in [2.45, 2.75) is 24.7 Å². The van der Waals surface area contributed by atoms with Crippen LogP contribution in [0.25, 0.3) is 10.8 Å². The number of ether oxygens (including phenoxy) is 1. The molecule has 0 fully saturated rings. The van der Waals surface area contributed by atoms with Gasteiger partial charge in [0.2, 0.25) is 0 Å². The molecule has 27 heavy (non-hydrogen) atoms. The number of ketones is 1. The lowest BCUT2D eigenvalue weighted by Gasteiger charge is -2.12. The Morgan fingerprint density at radius 2 is 1.59 bits per heavy atom. The molecule has 0 bridgehead atoms. The van der Waals surface area contributed by atoms with E-state index in [-0.39, 0.29) is 16.4 Å². The Balaban J connectivity index is 1.89. The molecule has 0 aliphatic heterocycles. The number of Topliss-reactive ketones (excluding diaryl/α,β-unsaturated/α-hetero) is 1. The fraction of sp³-hybridized carbons (Fsp3) is 0.190. The zero-order valence-corrected chi connectivity index (χ0v) is 16.0. The molecule has 5 nitrogen and oxygen atoms in total. The molecular formula is C21H20O5S. The maximum absolute atomic E-state index is 12.8. The van der Waals surface area contributed by atoms with Crippen molar-refractivity contribution >= 4 is 26.7 Å². The molecule has 0 amide bonds. The summed E-state index contributed by atoms with van der Waals surface area (Å²) >= 11 is 0. The minimum Gasteiger partial charge on any atom is -0.496 e. The highest BCUT2D eigenvalue weighted by atomic mass is 32.2. The Labute approximate surface area is 158 Å². The van der Waals surface area contributed by atoms with Crippen LogP contribution in [0.15, 0.2) is 65.6 Å². The molecule has 0 aromatic heterocycles. The van der Waals surface area contributed by atoms with Gasteiger partial charge in [-0.1, -0.05) is 36.4 Å². The summed E-state index contributed by atoms with van der Waals surface area (Å²) in [6.07, 6.45) is 1.07. The average Bonchev–Trinajstić information content (AvgIpc) is 2.66. The van der Waals surface area contributed by atoms with Gasteiger partial charge in [0, 0.05) is 17.2 Å². The van der Waals surface area contributed by atoms with Crippen molar-refractivity contribution in [1.82, 2.24) is 0 Å². The number of benzene rings is 3. The van der Waals surface area contributed by atoms with Crippen LogP contribution in [0.3, 0.4) is 0 Å². The standard InChI is InChI=1S/C21H20O5S/c1-15(22)7-8-16-9-11-17(12-10-16)26-27(23,24)21-14-13-20(25-2)18-5-3-4-6-19(18)21/h3-6,9-14H,7-8H2,1-2H3. The van der Waals surface area contributed by atoms with Gasteiger partial charge in [-0.3, -0.25) is 0 Å². The van der Waals surface area contributed by atoms with E-state index < -0.39 is 10.1 Å². The molecule has 0 radical (unpaired) electrons. The Kier molecular flexibility index (Phi) is 5.46. The number of hydrogen-bond acceptors (Lipinski definition) is 5. The minimum atomic E-state index is -4.01. The summed E-state index contributed by atoms with van der Waals surface area (Å²) < 4.78 is 36.2. The van der Waals surface area contributed by atoms with Crippen LogP contribution in [-0.4, -0.2) is 21.3 Å². The molecule has 0 heterocycles. The van der Waals surface area contributed by atoms with Crippen molar-refractivity contribution in [3.8, 4) is 11.5 Å². The van der Waals surface area contributed by atoms with Crippen molar-refractivity contribution < 1.29 is 22.1 Å². The Hall–Kier alpha value is -2.86. The predicted molar refractivity (Wildman–Crippen MR) is 104 cm³/mol. The lowest BCUT2D eigenvalue weighted by molar-refractivity contribution is -0.116. The van der Waals surface area contributed by atoms with E-state index in [4.69, 9.17) is 8.92 Å². The van der Waals surface area contributed by atoms with E-state index in [9.17, 15) is 13.2 Å². The van der Waals surface area contributed by atoms with Gasteiger partial charge in [0.15, 0.2) is 0 Å². The molecule has 140 valence electrons. The molecule has 3 rings (SSSR count). The predicted octanol–water partition coefficient (Wildman–Crippen LogP) is 4.14. The largest absolute Gasteiger partial charge is 0.496 e. The number of methoxy groups -OCH3 is 1. The second kappa shape index (κ2) is 7.80. The van der Waals surface area contributed by atoms with E-state index >= 15 is 0 Å². The quantitative estimate of drug-likeness (QED) is 0.573. The van der Waals surface area contributed by atoms with Crippen LogP contribution in [-0.2, 0) is 21.3 Å². The molecule has 0 spiro atoms. The number of hydrogen-bond donors (Lipinski definition) is 0. The normalized spacial score (nSPS) is 11.3. The minimum absolute atomic E-state index is 0.0829. The number of aryl methyl sites for hydroxylation is 1. The van der Waals surface area contributed by atoms with Crippen molar-refractivity contribution in [2.24, 2.45) is 0 Å². The van der Waals surface area contributed by atoms with Gasteiger partial charge in [0.05, 0.1) is 7.11 Å². The van der Waals surface area contributed by atoms with Crippen molar-refractivity contribution in [3.63, 3.8) is 0 Å². The van der Waals surface area contributed by atoms with Crippen molar-refractivity contribution in [2.75, 3.05) is 7.11 Å². The molecule has 3 aromatic carbocycles. The summed E-state index contributed by atoms with van der Waals surface area (Å²) in [5.41, 5.74) is 0.949. The summed E-state index contributed by atoms with van der Waals surface area (Å²) in [7, 11) is -2.47. The number of carbonyl (C=O) groups is 1. The molecule has 0 saturated carbocycles. The van der Waals surface area contributed by atoms with Gasteiger partial charge in [-0.05, 0) is 43.2 Å². The summed E-state index contributed by atoms with van der Waals surface area (Å²) in [4.78, 5) is 11.2. The average molecular weight is 384 g/mol. The Morgan fingerprint density at radius 3 is 2.22 bits per heavy atom. The fourth-order valence-corrected chi connectivity index (χ4v) is 3.98. The molecule has 0 aliphatic carbocycles. The highest BCUT2D eigenvalue weighted by molar-refractivity contribution is 7.87. The Bertz CT molecular complexity index is 1070. The summed E-state index contributed by atoms with van der Waals surface area (Å²) in [6.45, 7) is 1.54. The molecule has 6 heteroatoms. The summed E-state index contributed by atoms with van der Waals surface area (Å²) in [6, 6.07) is 16.9. The first kappa shape index (κ1) is 18.9. The molecular weight excluding hydrogens is 364 g/mol. The molecule has 3 aromatic rings. The first-order chi connectivity index (χ1) is 12.9. The lowest BCUT2D eigenvalue weighted by atomic mass is 10.1. The van der Waals surface area contributed by atoms with Crippen LogP contribution >= 0.6 is 0 Å². The third-order valence-electron chi connectivity index (χ3n) is 4.23. The molecule has 0 unspecified atom stereocenters. The smallest absolute Gasteiger partial charge is 0.339 e. The van der Waals surface area contributed by atoms with E-state index in [1.54, 1.807) is 62.6 Å². The molecule has 0 N–H and O–H groups in total. The molecule has 0 atom stereocenters. The van der Waals surface area contributed by atoms with Crippen molar-refractivity contribution in [1.29, 1.82) is 0 Å². The third-order valence-corrected chi connectivity index (χ3v) is 5.53. The van der Waals surface area contributed by atoms with Crippen LogP contribution in [0.5, 0.6) is 11.5 Å². The zero-order valence-electron chi connectivity index (χ0n) is 15.1. The lowest BCUT2D eigenvalue weighted by Crippen LogP contribution is -2.10. The van der Waals surface area contributed by atoms with Crippen molar-refractivity contribution in [3.05, 3.63) is 66.2 Å². The van der Waals surface area contributed by atoms with Gasteiger partial charge in [-0.25, -0.2) is 0 Å². The first-order valence-corrected chi connectivity index (χ1v) is 9.90. The van der Waals surface area contributed by atoms with E-state index in [1.165, 1.54) is 6.07 Å². The highest BCUT2D eigenvalue weighted by Gasteiger charge is 2.21. The molecule has 0 saturated heterocycles. The highest BCUT2D eigenvalue weighted by Crippen LogP contribution is 2.32. The monoisotopic (exact) mass is 384 g/mol. The van der Waals surface area contributed by atoms with Gasteiger partial charge in [0.25, 0.3) is 0 Å². The topological polar surface area (TPSA) is 69.7 Å². The van der Waals surface area contributed by atoms with Gasteiger partial charge in [-0.15, -0.1) is 0 Å². The molecule has 0 aliphatic rings. The van der Waals surface area contributed by atoms with Crippen LogP contribution in [0.4, 0.5) is 0 Å². The first-order valence-electron chi connectivity index (χ1n) is 8.49. The second-order valence-corrected chi connectivity index (χ2v) is 7.71. The van der Waals surface area contributed by atoms with Crippen LogP contribution < -0.4 is 8.92 Å². The SMILES string of the molecule is COc1ccc(S(=O)(=O)Oc2ccc(CCC(C)=O)cc2)c2ccccc12. The summed E-state index contributed by atoms with van der Waals surface area (Å²) in [5, 5.41) is 1.24. The van der Waals surface area contributed by atoms with E-state index in [0.29, 0.717) is 29.4 Å². The Morgan fingerprint density at radius 1 is 0.926 bits per heavy atom. The van der Waals surface area contributed by atoms with Crippen LogP contribution in [0, 0.1) is 0 Å². The third kappa shape index (κ3) is 4.28. The van der Waals surface area contributed by atoms with Crippen LogP contribution in [0.1, 0.15) is 18.9 Å². The van der Waals surface area contributed by atoms with Gasteiger partial charge >= 0.3 is 10.1 Å². The fourth-order valence-electron chi connectivity index (χ4n) is 2.84. The van der Waals surface area contributed by atoms with E-state index in [2.05, 4.69) is 0 Å². The number of rotatable bonds is 7. The van der Waals surface area contributed by atoms with Gasteiger partial charge in [-0.2, -0.15) is 8.42 Å². The van der Waals surface area contributed by atoms with Crippen LogP contribution in [0.2, 0.25) is 0 Å². The second-order valence-electron chi connectivity index (χ2n) is 6.19. The summed E-state index contributed by atoms with van der Waals surface area (Å²) in [5.74, 6) is 0.935. The van der Waals surface area contributed by atoms with Gasteiger partial charge in [0.1, 0.15) is 22.2 Å². The maximum Gasteiger partial charge on any atom is 0.339 e. The maximum atomic E-state index is 12.8. The number of fused-ring (bicyclic) bond motifs is 1. The number of carbonyl (C=O) groups excluding carboxylic acids is 1. The van der Waals surface area contributed by atoms with E-state index in [0.717, 1.165) is 5.56 Å².